The largest absolute Gasteiger partial charge is 0.425 e. The molecule has 242 valence electrons. The van der Waals surface area contributed by atoms with Gasteiger partial charge >= 0.3 is 8.65 Å². The van der Waals surface area contributed by atoms with E-state index in [2.05, 4.69) is 83.1 Å². The van der Waals surface area contributed by atoms with E-state index in [1.165, 1.54) is 103 Å². The van der Waals surface area contributed by atoms with Gasteiger partial charge in [-0.25, -0.2) is 0 Å². The standard InChI is InChI=1S/C32H56N8.Al.2HI.H/c1-2-10-18-17(9-1)25-33-26(18)38-28-21-13-5-6-14-22(21)30(35-28)40-32-24-16-8-7-15-23(24)31(36-32)39-29-20-12-4-3-11-19(20)27(34-29)37-25;;;;/h17-40H,1-16H2;;2*1H;/q;+2;;;/p-2. The van der Waals surface area contributed by atoms with Gasteiger partial charge in [0, 0.05) is 0 Å². The fourth-order valence-corrected chi connectivity index (χ4v) is 12.0. The van der Waals surface area contributed by atoms with Crippen LogP contribution in [0.15, 0.2) is 0 Å². The van der Waals surface area contributed by atoms with E-state index in [0.29, 0.717) is 58.0 Å². The zero-order chi connectivity index (χ0) is 28.9. The van der Waals surface area contributed by atoms with Crippen molar-refractivity contribution in [1.82, 2.24) is 42.5 Å². The predicted octanol–water partition coefficient (Wildman–Crippen LogP) is 3.73. The summed E-state index contributed by atoms with van der Waals surface area (Å²) in [5, 5.41) is 33.8. The Hall–Kier alpha value is 1.67. The van der Waals surface area contributed by atoms with Crippen molar-refractivity contribution < 1.29 is 0 Å². The van der Waals surface area contributed by atoms with Crippen LogP contribution in [0.2, 0.25) is 0 Å². The summed E-state index contributed by atoms with van der Waals surface area (Å²) in [5.74, 6) is 5.97. The first-order valence-electron chi connectivity index (χ1n) is 18.4. The zero-order valence-corrected chi connectivity index (χ0v) is 31.7. The second kappa shape index (κ2) is 14.3. The first-order chi connectivity index (χ1) is 21.2. The molecule has 0 radical (unpaired) electrons. The average Bonchev–Trinajstić information content (AvgIpc) is 3.77. The highest BCUT2D eigenvalue weighted by Gasteiger charge is 2.54. The Morgan fingerprint density at radius 3 is 0.512 bits per heavy atom. The molecule has 8 unspecified atom stereocenters. The minimum absolute atomic E-state index is 0.357. The lowest BCUT2D eigenvalue weighted by Gasteiger charge is -2.35. The molecule has 4 aliphatic carbocycles. The van der Waals surface area contributed by atoms with E-state index >= 15 is 0 Å². The monoisotopic (exact) mass is 834 g/mol. The van der Waals surface area contributed by atoms with Crippen molar-refractivity contribution in [2.75, 3.05) is 0 Å². The summed E-state index contributed by atoms with van der Waals surface area (Å²) in [6, 6.07) is 0. The Labute approximate surface area is 288 Å². The fraction of sp³-hybridized carbons (Fsp3) is 1.00. The summed E-state index contributed by atoms with van der Waals surface area (Å²) in [6.07, 6.45) is 25.6. The van der Waals surface area contributed by atoms with Gasteiger partial charge in [0.1, 0.15) is 0 Å². The zero-order valence-electron chi connectivity index (χ0n) is 26.0. The van der Waals surface area contributed by atoms with Crippen LogP contribution >= 0.6 is 40.5 Å². The third-order valence-corrected chi connectivity index (χ3v) is 13.8. The molecule has 5 heterocycles. The minimum Gasteiger partial charge on any atom is -0.286 e. The molecule has 0 aromatic rings. The van der Waals surface area contributed by atoms with Crippen molar-refractivity contribution in [3.05, 3.63) is 0 Å². The molecular weight excluding hydrogens is 777 g/mol. The van der Waals surface area contributed by atoms with Crippen LogP contribution in [0.1, 0.15) is 103 Å². The molecule has 8 bridgehead atoms. The third kappa shape index (κ3) is 6.31. The van der Waals surface area contributed by atoms with Gasteiger partial charge in [0.15, 0.2) is 0 Å². The molecule has 9 rings (SSSR count). The van der Waals surface area contributed by atoms with Crippen LogP contribution in [-0.2, 0) is 0 Å². The Bertz CT molecular complexity index is 743. The lowest BCUT2D eigenvalue weighted by atomic mass is 9.76. The van der Waals surface area contributed by atoms with Gasteiger partial charge in [-0.1, -0.05) is 51.4 Å². The van der Waals surface area contributed by atoms with Crippen LogP contribution in [0.25, 0.3) is 0 Å². The highest BCUT2D eigenvalue weighted by molar-refractivity contribution is 14.3. The summed E-state index contributed by atoms with van der Waals surface area (Å²) in [4.78, 5) is 0. The molecule has 9 aliphatic rings. The molecule has 5 saturated heterocycles. The molecule has 0 amide bonds. The van der Waals surface area contributed by atoms with Gasteiger partial charge in [-0.15, -0.1) is 0 Å². The van der Waals surface area contributed by atoms with E-state index in [9.17, 15) is 0 Å². The maximum Gasteiger partial charge on any atom is 0.425 e. The average molecular weight is 835 g/mol. The summed E-state index contributed by atoms with van der Waals surface area (Å²) >= 11 is 4.83. The molecular formula is C32H57AlI2N8. The molecule has 0 spiro atoms. The molecule has 9 fully saturated rings. The van der Waals surface area contributed by atoms with E-state index < -0.39 is 0 Å². The Balaban J connectivity index is 0.000000892. The molecule has 8 N–H and O–H groups in total. The highest BCUT2D eigenvalue weighted by Crippen LogP contribution is 2.45. The van der Waals surface area contributed by atoms with E-state index in [0.717, 1.165) is 47.3 Å². The Morgan fingerprint density at radius 1 is 0.279 bits per heavy atom. The molecule has 0 aromatic carbocycles. The van der Waals surface area contributed by atoms with E-state index in [-0.39, 0.29) is 0 Å². The van der Waals surface area contributed by atoms with Crippen LogP contribution in [0.3, 0.4) is 0 Å². The first-order valence-corrected chi connectivity index (χ1v) is 28.6. The van der Waals surface area contributed by atoms with Gasteiger partial charge in [-0.3, -0.25) is 42.5 Å². The number of hydrogen-bond acceptors (Lipinski definition) is 8. The van der Waals surface area contributed by atoms with Crippen molar-refractivity contribution in [2.45, 2.75) is 152 Å². The van der Waals surface area contributed by atoms with Gasteiger partial charge < -0.3 is 0 Å². The highest BCUT2D eigenvalue weighted by atomic mass is 127. The van der Waals surface area contributed by atoms with Crippen LogP contribution in [-0.4, -0.2) is 58.0 Å². The first kappa shape index (κ1) is 31.9. The van der Waals surface area contributed by atoms with Gasteiger partial charge in [0.05, 0.1) is 49.3 Å². The lowest BCUT2D eigenvalue weighted by Crippen LogP contribution is -2.61. The molecule has 5 aliphatic heterocycles. The number of hydrogen-bond donors (Lipinski definition) is 8. The quantitative estimate of drug-likeness (QED) is 0.139. The van der Waals surface area contributed by atoms with Crippen LogP contribution < -0.4 is 42.5 Å². The van der Waals surface area contributed by atoms with Crippen molar-refractivity contribution in [2.24, 2.45) is 47.3 Å². The van der Waals surface area contributed by atoms with Crippen molar-refractivity contribution in [3.8, 4) is 0 Å². The van der Waals surface area contributed by atoms with Gasteiger partial charge in [0.2, 0.25) is 0 Å². The molecule has 0 aromatic heterocycles. The van der Waals surface area contributed by atoms with Crippen LogP contribution in [0.4, 0.5) is 0 Å². The van der Waals surface area contributed by atoms with Crippen molar-refractivity contribution in [3.63, 3.8) is 0 Å². The molecule has 8 nitrogen and oxygen atoms in total. The predicted molar refractivity (Wildman–Crippen MR) is 192 cm³/mol. The summed E-state index contributed by atoms with van der Waals surface area (Å²) in [5.41, 5.74) is 0. The van der Waals surface area contributed by atoms with Crippen LogP contribution in [0.5, 0.6) is 0 Å². The molecule has 8 atom stereocenters. The Kier molecular flexibility index (Phi) is 10.6. The van der Waals surface area contributed by atoms with E-state index in [4.69, 9.17) is 0 Å². The second-order valence-corrected chi connectivity index (χ2v) is 29.2. The normalized spacial score (nSPS) is 53.9. The summed E-state index contributed by atoms with van der Waals surface area (Å²) in [7, 11) is 0.357. The van der Waals surface area contributed by atoms with E-state index in [1.54, 1.807) is 0 Å². The maximum absolute atomic E-state index is 4.26. The second-order valence-electron chi connectivity index (χ2n) is 15.7. The number of halogens is 2. The molecule has 4 saturated carbocycles. The smallest absolute Gasteiger partial charge is 0.286 e. The summed E-state index contributed by atoms with van der Waals surface area (Å²) < 4.78 is 0. The van der Waals surface area contributed by atoms with Gasteiger partial charge in [0.25, 0.3) is 0 Å². The third-order valence-electron chi connectivity index (χ3n) is 13.8. The number of nitrogens with one attached hydrogen (secondary N) is 8. The summed E-state index contributed by atoms with van der Waals surface area (Å²) in [6.45, 7) is 0. The molecule has 11 heteroatoms. The Morgan fingerprint density at radius 2 is 0.395 bits per heavy atom. The minimum atomic E-state index is 0.357. The number of rotatable bonds is 0. The maximum atomic E-state index is 4.26. The van der Waals surface area contributed by atoms with Crippen molar-refractivity contribution in [1.29, 1.82) is 0 Å². The van der Waals surface area contributed by atoms with Gasteiger partial charge in [-0.05, 0) is 98.7 Å². The fourth-order valence-electron chi connectivity index (χ4n) is 12.0. The number of fused-ring (bicyclic) bond motifs is 20. The van der Waals surface area contributed by atoms with E-state index in [1.807, 2.05) is 0 Å². The van der Waals surface area contributed by atoms with Crippen LogP contribution in [0, 0.1) is 47.3 Å². The topological polar surface area (TPSA) is 96.2 Å². The lowest BCUT2D eigenvalue weighted by molar-refractivity contribution is 0.167. The van der Waals surface area contributed by atoms with Gasteiger partial charge in [-0.2, -0.15) is 40.5 Å². The SMILES string of the molecule is C1CCC2C3NC(NC4NC(NC5NC(NC6NC(N3)C3CCCCC63)C3CCCCC53)C3CCCCC43)C2C1.[I][AlH][I]. The molecule has 43 heavy (non-hydrogen) atoms. The van der Waals surface area contributed by atoms with Crippen molar-refractivity contribution >= 4 is 49.2 Å².